The lowest BCUT2D eigenvalue weighted by molar-refractivity contribution is -0.185. The first-order chi connectivity index (χ1) is 12.9. The number of carbonyl (C=O) groups is 1. The second-order valence-corrected chi connectivity index (χ2v) is 10.3. The van der Waals surface area contributed by atoms with Gasteiger partial charge in [0.25, 0.3) is 0 Å². The molecule has 0 radical (unpaired) electrons. The summed E-state index contributed by atoms with van der Waals surface area (Å²) in [7, 11) is 0. The molecule has 0 bridgehead atoms. The lowest BCUT2D eigenvalue weighted by atomic mass is 9.47. The first-order valence-electron chi connectivity index (χ1n) is 11.0. The molecule has 4 fully saturated rings. The fourth-order valence-corrected chi connectivity index (χ4v) is 7.99. The summed E-state index contributed by atoms with van der Waals surface area (Å²) in [5, 5.41) is 9.45. The maximum atomic E-state index is 12.4. The van der Waals surface area contributed by atoms with E-state index in [-0.39, 0.29) is 34.9 Å². The van der Waals surface area contributed by atoms with Crippen molar-refractivity contribution < 1.29 is 19.4 Å². The van der Waals surface area contributed by atoms with Gasteiger partial charge in [-0.3, -0.25) is 4.79 Å². The van der Waals surface area contributed by atoms with Gasteiger partial charge in [-0.05, 0) is 67.1 Å². The highest BCUT2D eigenvalue weighted by Gasteiger charge is 2.61. The quantitative estimate of drug-likeness (QED) is 0.746. The molecule has 5 rings (SSSR count). The van der Waals surface area contributed by atoms with Gasteiger partial charge in [0.2, 0.25) is 0 Å². The molecule has 4 nitrogen and oxygen atoms in total. The maximum Gasteiger partial charge on any atom is 0.172 e. The number of Topliss-reactive ketones (excluding diaryl/α,β-unsaturated/α-hetero) is 1. The van der Waals surface area contributed by atoms with Crippen molar-refractivity contribution in [1.82, 2.24) is 0 Å². The molecule has 0 amide bonds. The Bertz CT molecular complexity index is 663. The first kappa shape index (κ1) is 18.3. The number of hydrogen-bond acceptors (Lipinski definition) is 4. The second kappa shape index (κ2) is 6.14. The summed E-state index contributed by atoms with van der Waals surface area (Å²) in [6, 6.07) is 0. The lowest BCUT2D eigenvalue weighted by Crippen LogP contribution is -2.52. The third-order valence-electron chi connectivity index (χ3n) is 9.47. The number of hydrogen-bond donors (Lipinski definition) is 1. The third kappa shape index (κ3) is 2.49. The van der Waals surface area contributed by atoms with Gasteiger partial charge in [-0.25, -0.2) is 0 Å². The molecule has 4 heteroatoms. The molecule has 0 aromatic heterocycles. The molecule has 4 aliphatic carbocycles. The van der Waals surface area contributed by atoms with E-state index < -0.39 is 0 Å². The van der Waals surface area contributed by atoms with Gasteiger partial charge in [0.15, 0.2) is 11.6 Å². The van der Waals surface area contributed by atoms with E-state index in [0.29, 0.717) is 11.8 Å². The zero-order valence-electron chi connectivity index (χ0n) is 16.8. The van der Waals surface area contributed by atoms with E-state index in [1.807, 2.05) is 0 Å². The molecule has 1 N–H and O–H groups in total. The minimum absolute atomic E-state index is 0.0709. The Balaban J connectivity index is 1.43. The molecular formula is C23H34O4. The maximum absolute atomic E-state index is 12.4. The van der Waals surface area contributed by atoms with Crippen molar-refractivity contribution in [2.45, 2.75) is 71.0 Å². The number of aliphatic hydroxyl groups excluding tert-OH is 1. The van der Waals surface area contributed by atoms with Crippen LogP contribution in [0.5, 0.6) is 0 Å². The van der Waals surface area contributed by atoms with E-state index >= 15 is 0 Å². The van der Waals surface area contributed by atoms with Crippen molar-refractivity contribution in [2.24, 2.45) is 34.5 Å². The van der Waals surface area contributed by atoms with Crippen molar-refractivity contribution in [3.63, 3.8) is 0 Å². The summed E-state index contributed by atoms with van der Waals surface area (Å²) in [4.78, 5) is 12.4. The number of carbonyl (C=O) groups excluding carboxylic acids is 1. The van der Waals surface area contributed by atoms with Crippen molar-refractivity contribution >= 4 is 5.78 Å². The average molecular weight is 375 g/mol. The molecule has 27 heavy (non-hydrogen) atoms. The highest BCUT2D eigenvalue weighted by atomic mass is 16.7. The predicted molar refractivity (Wildman–Crippen MR) is 102 cm³/mol. The lowest BCUT2D eigenvalue weighted by Gasteiger charge is -2.58. The smallest absolute Gasteiger partial charge is 0.172 e. The van der Waals surface area contributed by atoms with Crippen LogP contribution in [0.25, 0.3) is 0 Å². The molecule has 1 spiro atoms. The van der Waals surface area contributed by atoms with Gasteiger partial charge in [-0.1, -0.05) is 25.5 Å². The predicted octanol–water partition coefficient (Wildman–Crippen LogP) is 3.87. The van der Waals surface area contributed by atoms with Crippen LogP contribution in [0.3, 0.4) is 0 Å². The second-order valence-electron chi connectivity index (χ2n) is 10.3. The van der Waals surface area contributed by atoms with Crippen LogP contribution >= 0.6 is 0 Å². The van der Waals surface area contributed by atoms with E-state index in [9.17, 15) is 9.90 Å². The Kier molecular flexibility index (Phi) is 4.17. The van der Waals surface area contributed by atoms with Crippen LogP contribution in [0.4, 0.5) is 0 Å². The highest BCUT2D eigenvalue weighted by molar-refractivity contribution is 5.83. The molecule has 150 valence electrons. The van der Waals surface area contributed by atoms with E-state index in [4.69, 9.17) is 9.47 Å². The number of fused-ring (bicyclic) bond motifs is 5. The standard InChI is InChI=1S/C23H34O4/c1-21-9-10-23(26-11-12-27-23)13-15(21)3-4-16-17-5-6-19(20(25)14-24)22(17,2)8-7-18(16)21/h3,16-19,24H,4-14H2,1-2H3/t16-,17-,18-,19+,21-,22-/m0/s1. The van der Waals surface area contributed by atoms with E-state index in [2.05, 4.69) is 19.9 Å². The number of aliphatic hydroxyl groups is 1. The normalized spacial score (nSPS) is 47.9. The largest absolute Gasteiger partial charge is 0.389 e. The average Bonchev–Trinajstić information content (AvgIpc) is 3.26. The summed E-state index contributed by atoms with van der Waals surface area (Å²) in [5.74, 6) is 1.84. The monoisotopic (exact) mass is 374 g/mol. The number of rotatable bonds is 2. The molecule has 0 aromatic carbocycles. The molecule has 0 unspecified atom stereocenters. The number of ether oxygens (including phenoxy) is 2. The summed E-state index contributed by atoms with van der Waals surface area (Å²) in [6.45, 7) is 6.01. The molecule has 1 aliphatic heterocycles. The van der Waals surface area contributed by atoms with Crippen LogP contribution in [0, 0.1) is 34.5 Å². The van der Waals surface area contributed by atoms with Gasteiger partial charge in [-0.2, -0.15) is 0 Å². The zero-order chi connectivity index (χ0) is 18.9. The summed E-state index contributed by atoms with van der Waals surface area (Å²) in [5.41, 5.74) is 1.93. The molecular weight excluding hydrogens is 340 g/mol. The fraction of sp³-hybridized carbons (Fsp3) is 0.870. The van der Waals surface area contributed by atoms with Crippen molar-refractivity contribution in [1.29, 1.82) is 0 Å². The van der Waals surface area contributed by atoms with E-state index in [1.165, 1.54) is 6.42 Å². The van der Waals surface area contributed by atoms with E-state index in [1.54, 1.807) is 5.57 Å². The highest BCUT2D eigenvalue weighted by Crippen LogP contribution is 2.67. The molecule has 0 aromatic rings. The number of ketones is 1. The minimum Gasteiger partial charge on any atom is -0.389 e. The molecule has 1 saturated heterocycles. The summed E-state index contributed by atoms with van der Waals surface area (Å²) < 4.78 is 12.1. The van der Waals surface area contributed by atoms with Crippen molar-refractivity contribution in [2.75, 3.05) is 19.8 Å². The van der Waals surface area contributed by atoms with Gasteiger partial charge in [0.05, 0.1) is 13.2 Å². The first-order valence-corrected chi connectivity index (χ1v) is 11.0. The number of allylic oxidation sites excluding steroid dienone is 1. The topological polar surface area (TPSA) is 55.8 Å². The van der Waals surface area contributed by atoms with E-state index in [0.717, 1.165) is 64.1 Å². The summed E-state index contributed by atoms with van der Waals surface area (Å²) >= 11 is 0. The van der Waals surface area contributed by atoms with Gasteiger partial charge >= 0.3 is 0 Å². The van der Waals surface area contributed by atoms with Crippen molar-refractivity contribution in [3.8, 4) is 0 Å². The molecule has 3 saturated carbocycles. The van der Waals surface area contributed by atoms with Crippen LogP contribution in [0.2, 0.25) is 0 Å². The fourth-order valence-electron chi connectivity index (χ4n) is 7.99. The molecule has 5 aliphatic rings. The van der Waals surface area contributed by atoms with Crippen LogP contribution in [-0.2, 0) is 14.3 Å². The Morgan fingerprint density at radius 1 is 1.11 bits per heavy atom. The summed E-state index contributed by atoms with van der Waals surface area (Å²) in [6.07, 6.45) is 11.3. The molecule has 1 heterocycles. The van der Waals surface area contributed by atoms with Crippen molar-refractivity contribution in [3.05, 3.63) is 11.6 Å². The Morgan fingerprint density at radius 2 is 1.89 bits per heavy atom. The van der Waals surface area contributed by atoms with Gasteiger partial charge in [0, 0.05) is 18.8 Å². The SMILES string of the molecule is C[C@]12CC[C@H]3[C@@H](CC=C4CC5(CC[C@@]43C)OCCO5)[C@@H]1CC[C@@H]2C(=O)CO. The van der Waals surface area contributed by atoms with Gasteiger partial charge in [0.1, 0.15) is 6.61 Å². The Hall–Kier alpha value is -0.710. The van der Waals surface area contributed by atoms with Crippen LogP contribution in [-0.4, -0.2) is 36.5 Å². The Morgan fingerprint density at radius 3 is 2.63 bits per heavy atom. The van der Waals surface area contributed by atoms with Crippen LogP contribution < -0.4 is 0 Å². The third-order valence-corrected chi connectivity index (χ3v) is 9.47. The van der Waals surface area contributed by atoms with Crippen LogP contribution in [0.15, 0.2) is 11.6 Å². The van der Waals surface area contributed by atoms with Crippen LogP contribution in [0.1, 0.15) is 65.2 Å². The zero-order valence-corrected chi connectivity index (χ0v) is 16.8. The minimum atomic E-state index is -0.340. The Labute approximate surface area is 162 Å². The molecule has 6 atom stereocenters. The van der Waals surface area contributed by atoms with Gasteiger partial charge in [-0.15, -0.1) is 0 Å². The van der Waals surface area contributed by atoms with Gasteiger partial charge < -0.3 is 14.6 Å².